The molecule has 0 amide bonds. The van der Waals surface area contributed by atoms with Crippen molar-refractivity contribution in [3.8, 4) is 5.75 Å². The maximum Gasteiger partial charge on any atom is 0.224 e. The highest BCUT2D eigenvalue weighted by Crippen LogP contribution is 2.29. The van der Waals surface area contributed by atoms with E-state index >= 15 is 0 Å². The second-order valence-corrected chi connectivity index (χ2v) is 3.81. The molecule has 0 atom stereocenters. The van der Waals surface area contributed by atoms with Crippen molar-refractivity contribution in [3.05, 3.63) is 35.7 Å². The van der Waals surface area contributed by atoms with Gasteiger partial charge in [-0.05, 0) is 23.7 Å². The third kappa shape index (κ3) is 2.62. The molecular weight excluding hydrogens is 252 g/mol. The predicted molar refractivity (Wildman–Crippen MR) is 72.9 cm³/mol. The van der Waals surface area contributed by atoms with Gasteiger partial charge in [0.05, 0.1) is 24.7 Å². The normalized spacial score (nSPS) is 9.94. The maximum absolute atomic E-state index is 5.78. The molecule has 94 valence electrons. The molecule has 0 bridgehead atoms. The molecule has 18 heavy (non-hydrogen) atoms. The van der Waals surface area contributed by atoms with Gasteiger partial charge in [0.25, 0.3) is 0 Å². The van der Waals surface area contributed by atoms with Crippen molar-refractivity contribution in [3.63, 3.8) is 0 Å². The third-order valence-corrected chi connectivity index (χ3v) is 2.58. The summed E-state index contributed by atoms with van der Waals surface area (Å²) in [6, 6.07) is 7.76. The maximum atomic E-state index is 5.78. The van der Waals surface area contributed by atoms with Gasteiger partial charge in [0.2, 0.25) is 5.28 Å². The molecule has 0 fully saturated rings. The Morgan fingerprint density at radius 2 is 1.94 bits per heavy atom. The molecule has 0 radical (unpaired) electrons. The van der Waals surface area contributed by atoms with Crippen molar-refractivity contribution in [1.82, 2.24) is 9.97 Å². The summed E-state index contributed by atoms with van der Waals surface area (Å²) < 4.78 is 5.18. The van der Waals surface area contributed by atoms with Gasteiger partial charge in [-0.25, -0.2) is 4.98 Å². The molecule has 0 aliphatic carbocycles. The molecule has 0 aliphatic heterocycles. The highest BCUT2D eigenvalue weighted by atomic mass is 35.5. The summed E-state index contributed by atoms with van der Waals surface area (Å²) in [5.74, 6) is 1.06. The van der Waals surface area contributed by atoms with Crippen LogP contribution in [0.2, 0.25) is 5.28 Å². The first-order valence-electron chi connectivity index (χ1n) is 5.35. The summed E-state index contributed by atoms with van der Waals surface area (Å²) in [4.78, 5) is 7.97. The van der Waals surface area contributed by atoms with E-state index in [4.69, 9.17) is 16.3 Å². The summed E-state index contributed by atoms with van der Waals surface area (Å²) in [7, 11) is 3.41. The number of aromatic nitrogens is 2. The van der Waals surface area contributed by atoms with Crippen LogP contribution in [0.25, 0.3) is 0 Å². The number of benzene rings is 1. The fraction of sp³-hybridized carbons (Fsp3) is 0.167. The summed E-state index contributed by atoms with van der Waals surface area (Å²) in [6.45, 7) is 0. The standard InChI is InChI=1S/C12H13ClN4O/c1-14-8-5-3-4-6-9(8)16-11-10(18-2)7-15-12(13)17-11/h3-7,14H,1-2H3,(H,15,16,17). The molecule has 0 unspecified atom stereocenters. The zero-order chi connectivity index (χ0) is 13.0. The van der Waals surface area contributed by atoms with Gasteiger partial charge in [0, 0.05) is 7.05 Å². The number of ether oxygens (including phenoxy) is 1. The molecule has 2 rings (SSSR count). The second kappa shape index (κ2) is 5.55. The molecule has 1 aromatic heterocycles. The van der Waals surface area contributed by atoms with E-state index in [2.05, 4.69) is 20.6 Å². The predicted octanol–water partition coefficient (Wildman–Crippen LogP) is 2.92. The Hall–Kier alpha value is -2.01. The summed E-state index contributed by atoms with van der Waals surface area (Å²) in [5, 5.41) is 6.42. The van der Waals surface area contributed by atoms with Crippen molar-refractivity contribution in [1.29, 1.82) is 0 Å². The van der Waals surface area contributed by atoms with Gasteiger partial charge in [-0.3, -0.25) is 0 Å². The smallest absolute Gasteiger partial charge is 0.224 e. The van der Waals surface area contributed by atoms with Gasteiger partial charge in [-0.2, -0.15) is 4.98 Å². The van der Waals surface area contributed by atoms with Gasteiger partial charge in [0.1, 0.15) is 0 Å². The highest BCUT2D eigenvalue weighted by Gasteiger charge is 2.08. The van der Waals surface area contributed by atoms with Crippen molar-refractivity contribution in [2.45, 2.75) is 0 Å². The summed E-state index contributed by atoms with van der Waals surface area (Å²) in [6.07, 6.45) is 1.53. The van der Waals surface area contributed by atoms with E-state index in [-0.39, 0.29) is 5.28 Å². The number of rotatable bonds is 4. The van der Waals surface area contributed by atoms with Crippen LogP contribution in [0, 0.1) is 0 Å². The van der Waals surface area contributed by atoms with E-state index in [1.165, 1.54) is 6.20 Å². The van der Waals surface area contributed by atoms with Crippen molar-refractivity contribution < 1.29 is 4.74 Å². The molecular formula is C12H13ClN4O. The SMILES string of the molecule is CNc1ccccc1Nc1nc(Cl)ncc1OC. The first kappa shape index (κ1) is 12.4. The van der Waals surface area contributed by atoms with Crippen LogP contribution in [0.1, 0.15) is 0 Å². The monoisotopic (exact) mass is 264 g/mol. The molecule has 1 heterocycles. The van der Waals surface area contributed by atoms with Crippen LogP contribution in [0.5, 0.6) is 5.75 Å². The number of anilines is 3. The van der Waals surface area contributed by atoms with E-state index in [0.717, 1.165) is 11.4 Å². The number of hydrogen-bond donors (Lipinski definition) is 2. The molecule has 0 saturated heterocycles. The lowest BCUT2D eigenvalue weighted by molar-refractivity contribution is 0.413. The van der Waals surface area contributed by atoms with Gasteiger partial charge >= 0.3 is 0 Å². The van der Waals surface area contributed by atoms with Crippen molar-refractivity contribution in [2.75, 3.05) is 24.8 Å². The average molecular weight is 265 g/mol. The van der Waals surface area contributed by atoms with Crippen molar-refractivity contribution in [2.24, 2.45) is 0 Å². The zero-order valence-electron chi connectivity index (χ0n) is 10.1. The number of nitrogens with zero attached hydrogens (tertiary/aromatic N) is 2. The largest absolute Gasteiger partial charge is 0.491 e. The number of nitrogens with one attached hydrogen (secondary N) is 2. The quantitative estimate of drug-likeness (QED) is 0.832. The zero-order valence-corrected chi connectivity index (χ0v) is 10.8. The Morgan fingerprint density at radius 3 is 2.61 bits per heavy atom. The molecule has 6 heteroatoms. The number of para-hydroxylation sites is 2. The van der Waals surface area contributed by atoms with E-state index in [9.17, 15) is 0 Å². The van der Waals surface area contributed by atoms with Gasteiger partial charge < -0.3 is 15.4 Å². The third-order valence-electron chi connectivity index (χ3n) is 2.40. The van der Waals surface area contributed by atoms with E-state index in [1.54, 1.807) is 7.11 Å². The van der Waals surface area contributed by atoms with E-state index < -0.39 is 0 Å². The number of methoxy groups -OCH3 is 1. The Labute approximate surface area is 110 Å². The van der Waals surface area contributed by atoms with Crippen LogP contribution in [0.4, 0.5) is 17.2 Å². The average Bonchev–Trinajstić information content (AvgIpc) is 2.40. The molecule has 5 nitrogen and oxygen atoms in total. The van der Waals surface area contributed by atoms with Crippen LogP contribution in [-0.4, -0.2) is 24.1 Å². The van der Waals surface area contributed by atoms with E-state index in [0.29, 0.717) is 11.6 Å². The Kier molecular flexibility index (Phi) is 3.84. The highest BCUT2D eigenvalue weighted by molar-refractivity contribution is 6.28. The van der Waals surface area contributed by atoms with Crippen molar-refractivity contribution >= 4 is 28.8 Å². The molecule has 0 spiro atoms. The first-order chi connectivity index (χ1) is 8.74. The minimum atomic E-state index is 0.167. The lowest BCUT2D eigenvalue weighted by atomic mass is 10.2. The first-order valence-corrected chi connectivity index (χ1v) is 5.72. The van der Waals surface area contributed by atoms with Crippen LogP contribution in [0.15, 0.2) is 30.5 Å². The van der Waals surface area contributed by atoms with E-state index in [1.807, 2.05) is 31.3 Å². The Bertz CT molecular complexity index is 547. The van der Waals surface area contributed by atoms with Crippen LogP contribution in [-0.2, 0) is 0 Å². The molecule has 2 N–H and O–H groups in total. The van der Waals surface area contributed by atoms with Crippen LogP contribution in [0.3, 0.4) is 0 Å². The Balaban J connectivity index is 2.36. The molecule has 0 aliphatic rings. The topological polar surface area (TPSA) is 59.1 Å². The fourth-order valence-electron chi connectivity index (χ4n) is 1.53. The van der Waals surface area contributed by atoms with Gasteiger partial charge in [-0.15, -0.1) is 0 Å². The van der Waals surface area contributed by atoms with Crippen LogP contribution >= 0.6 is 11.6 Å². The van der Waals surface area contributed by atoms with Gasteiger partial charge in [-0.1, -0.05) is 12.1 Å². The fourth-order valence-corrected chi connectivity index (χ4v) is 1.66. The minimum absolute atomic E-state index is 0.167. The molecule has 0 saturated carbocycles. The van der Waals surface area contributed by atoms with Gasteiger partial charge in [0.15, 0.2) is 11.6 Å². The molecule has 2 aromatic rings. The lowest BCUT2D eigenvalue weighted by Gasteiger charge is -2.13. The number of hydrogen-bond acceptors (Lipinski definition) is 5. The summed E-state index contributed by atoms with van der Waals surface area (Å²) >= 11 is 5.78. The minimum Gasteiger partial charge on any atom is -0.491 e. The lowest BCUT2D eigenvalue weighted by Crippen LogP contribution is -2.01. The second-order valence-electron chi connectivity index (χ2n) is 3.48. The van der Waals surface area contributed by atoms with Crippen LogP contribution < -0.4 is 15.4 Å². The Morgan fingerprint density at radius 1 is 1.22 bits per heavy atom. The number of halogens is 1. The molecule has 1 aromatic carbocycles. The summed E-state index contributed by atoms with van der Waals surface area (Å²) in [5.41, 5.74) is 1.84.